The summed E-state index contributed by atoms with van der Waals surface area (Å²) in [5, 5.41) is 2.17. The highest BCUT2D eigenvalue weighted by atomic mass is 19.2. The Kier molecular flexibility index (Phi) is 6.28. The Balaban J connectivity index is 1.79. The molecule has 2 aromatic rings. The van der Waals surface area contributed by atoms with Gasteiger partial charge in [-0.2, -0.15) is 0 Å². The SMILES string of the molecule is CCCN(CC(=O)Nc1ccc(F)c(F)c1F)C(=O)c1[nH]c2c(c1C)C(=O)CCC2. The summed E-state index contributed by atoms with van der Waals surface area (Å²) in [6.45, 7) is 3.34. The minimum Gasteiger partial charge on any atom is -0.354 e. The van der Waals surface area contributed by atoms with Crippen LogP contribution in [0.25, 0.3) is 0 Å². The lowest BCUT2D eigenvalue weighted by molar-refractivity contribution is -0.116. The molecule has 9 heteroatoms. The number of aryl methyl sites for hydroxylation is 1. The fourth-order valence-electron chi connectivity index (χ4n) is 3.65. The molecule has 0 aliphatic heterocycles. The van der Waals surface area contributed by atoms with Crippen LogP contribution in [-0.2, 0) is 11.2 Å². The molecule has 1 aromatic carbocycles. The number of rotatable bonds is 6. The lowest BCUT2D eigenvalue weighted by Gasteiger charge is -2.21. The van der Waals surface area contributed by atoms with Crippen molar-refractivity contribution in [3.63, 3.8) is 0 Å². The van der Waals surface area contributed by atoms with E-state index >= 15 is 0 Å². The van der Waals surface area contributed by atoms with Gasteiger partial charge in [0.2, 0.25) is 5.91 Å². The fraction of sp³-hybridized carbons (Fsp3) is 0.381. The zero-order valence-corrected chi connectivity index (χ0v) is 16.7. The number of hydrogen-bond donors (Lipinski definition) is 2. The van der Waals surface area contributed by atoms with Crippen molar-refractivity contribution < 1.29 is 27.6 Å². The van der Waals surface area contributed by atoms with E-state index in [-0.39, 0.29) is 18.0 Å². The summed E-state index contributed by atoms with van der Waals surface area (Å²) in [6.07, 6.45) is 2.36. The average molecular weight is 421 g/mol. The van der Waals surface area contributed by atoms with Gasteiger partial charge in [0, 0.05) is 24.2 Å². The van der Waals surface area contributed by atoms with E-state index in [2.05, 4.69) is 10.3 Å². The summed E-state index contributed by atoms with van der Waals surface area (Å²) in [6, 6.07) is 1.61. The quantitative estimate of drug-likeness (QED) is 0.697. The molecule has 0 atom stereocenters. The van der Waals surface area contributed by atoms with Gasteiger partial charge in [-0.05, 0) is 43.9 Å². The first kappa shape index (κ1) is 21.6. The smallest absolute Gasteiger partial charge is 0.271 e. The Morgan fingerprint density at radius 3 is 2.57 bits per heavy atom. The number of fused-ring (bicyclic) bond motifs is 1. The third kappa shape index (κ3) is 4.10. The number of amides is 2. The van der Waals surface area contributed by atoms with Gasteiger partial charge >= 0.3 is 0 Å². The van der Waals surface area contributed by atoms with Gasteiger partial charge < -0.3 is 15.2 Å². The first-order chi connectivity index (χ1) is 14.2. The normalized spacial score (nSPS) is 13.2. The molecular weight excluding hydrogens is 399 g/mol. The number of aromatic amines is 1. The van der Waals surface area contributed by atoms with Crippen molar-refractivity contribution in [2.24, 2.45) is 0 Å². The molecule has 30 heavy (non-hydrogen) atoms. The zero-order valence-electron chi connectivity index (χ0n) is 16.7. The topological polar surface area (TPSA) is 82.3 Å². The van der Waals surface area contributed by atoms with Crippen molar-refractivity contribution in [2.45, 2.75) is 39.5 Å². The first-order valence-corrected chi connectivity index (χ1v) is 9.71. The molecule has 1 aromatic heterocycles. The van der Waals surface area contributed by atoms with Gasteiger partial charge in [0.1, 0.15) is 12.2 Å². The van der Waals surface area contributed by atoms with Crippen molar-refractivity contribution in [2.75, 3.05) is 18.4 Å². The molecule has 0 radical (unpaired) electrons. The van der Waals surface area contributed by atoms with Crippen LogP contribution in [-0.4, -0.2) is 40.6 Å². The predicted molar refractivity (Wildman–Crippen MR) is 104 cm³/mol. The number of nitrogens with zero attached hydrogens (tertiary/aromatic N) is 1. The number of anilines is 1. The highest BCUT2D eigenvalue weighted by Gasteiger charge is 2.29. The number of halogens is 3. The molecule has 1 aliphatic rings. The van der Waals surface area contributed by atoms with E-state index < -0.39 is 41.5 Å². The van der Waals surface area contributed by atoms with E-state index in [0.717, 1.165) is 11.8 Å². The molecule has 2 N–H and O–H groups in total. The largest absolute Gasteiger partial charge is 0.354 e. The standard InChI is InChI=1S/C21H22F3N3O3/c1-3-9-27(10-16(29)25-14-8-7-12(22)18(23)19(14)24)21(30)20-11(2)17-13(26-20)5-4-6-15(17)28/h7-8,26H,3-6,9-10H2,1-2H3,(H,25,29). The molecule has 0 bridgehead atoms. The van der Waals surface area contributed by atoms with Crippen LogP contribution in [0, 0.1) is 24.4 Å². The Morgan fingerprint density at radius 2 is 1.90 bits per heavy atom. The zero-order chi connectivity index (χ0) is 22.0. The molecule has 3 rings (SSSR count). The molecule has 1 aliphatic carbocycles. The molecule has 0 unspecified atom stereocenters. The van der Waals surface area contributed by atoms with Gasteiger partial charge in [-0.25, -0.2) is 13.2 Å². The number of benzene rings is 1. The van der Waals surface area contributed by atoms with Crippen LogP contribution < -0.4 is 5.32 Å². The summed E-state index contributed by atoms with van der Waals surface area (Å²) in [4.78, 5) is 41.9. The van der Waals surface area contributed by atoms with E-state index in [9.17, 15) is 27.6 Å². The van der Waals surface area contributed by atoms with E-state index in [1.165, 1.54) is 4.90 Å². The third-order valence-corrected chi connectivity index (χ3v) is 5.08. The second kappa shape index (κ2) is 8.73. The molecule has 0 spiro atoms. The Labute approximate surface area is 171 Å². The van der Waals surface area contributed by atoms with Gasteiger partial charge in [-0.1, -0.05) is 6.92 Å². The minimum absolute atomic E-state index is 0.0161. The van der Waals surface area contributed by atoms with Gasteiger partial charge in [0.25, 0.3) is 5.91 Å². The highest BCUT2D eigenvalue weighted by Crippen LogP contribution is 2.27. The van der Waals surface area contributed by atoms with Gasteiger partial charge in [-0.15, -0.1) is 0 Å². The van der Waals surface area contributed by atoms with Crippen LogP contribution in [0.1, 0.15) is 58.3 Å². The summed E-state index contributed by atoms with van der Waals surface area (Å²) >= 11 is 0. The summed E-state index contributed by atoms with van der Waals surface area (Å²) in [5.74, 6) is -5.80. The lowest BCUT2D eigenvalue weighted by atomic mass is 9.94. The summed E-state index contributed by atoms with van der Waals surface area (Å²) < 4.78 is 40.2. The lowest BCUT2D eigenvalue weighted by Crippen LogP contribution is -2.39. The molecule has 2 amide bonds. The maximum atomic E-state index is 13.8. The number of Topliss-reactive ketones (excluding diaryl/α,β-unsaturated/α-hetero) is 1. The van der Waals surface area contributed by atoms with Crippen LogP contribution in [0.5, 0.6) is 0 Å². The van der Waals surface area contributed by atoms with Gasteiger partial charge in [0.05, 0.1) is 5.69 Å². The van der Waals surface area contributed by atoms with E-state index in [1.54, 1.807) is 6.92 Å². The summed E-state index contributed by atoms with van der Waals surface area (Å²) in [5.41, 5.74) is 1.54. The molecule has 1 heterocycles. The molecule has 0 saturated carbocycles. The van der Waals surface area contributed by atoms with E-state index in [0.29, 0.717) is 42.9 Å². The number of H-pyrrole nitrogens is 1. The highest BCUT2D eigenvalue weighted by molar-refractivity contribution is 6.05. The first-order valence-electron chi connectivity index (χ1n) is 9.71. The number of aromatic nitrogens is 1. The van der Waals surface area contributed by atoms with E-state index in [1.807, 2.05) is 6.92 Å². The predicted octanol–water partition coefficient (Wildman–Crippen LogP) is 3.75. The number of carbonyl (C=O) groups is 3. The molecule has 160 valence electrons. The minimum atomic E-state index is -1.69. The monoisotopic (exact) mass is 421 g/mol. The van der Waals surface area contributed by atoms with Crippen LogP contribution in [0.2, 0.25) is 0 Å². The fourth-order valence-corrected chi connectivity index (χ4v) is 3.65. The summed E-state index contributed by atoms with van der Waals surface area (Å²) in [7, 11) is 0. The molecule has 0 fully saturated rings. The van der Waals surface area contributed by atoms with Crippen molar-refractivity contribution in [1.82, 2.24) is 9.88 Å². The third-order valence-electron chi connectivity index (χ3n) is 5.08. The second-order valence-electron chi connectivity index (χ2n) is 7.25. The maximum absolute atomic E-state index is 13.8. The number of hydrogen-bond acceptors (Lipinski definition) is 3. The molecular formula is C21H22F3N3O3. The van der Waals surface area contributed by atoms with Crippen LogP contribution in [0.15, 0.2) is 12.1 Å². The van der Waals surface area contributed by atoms with Crippen molar-refractivity contribution in [3.05, 3.63) is 52.1 Å². The van der Waals surface area contributed by atoms with Crippen LogP contribution in [0.3, 0.4) is 0 Å². The van der Waals surface area contributed by atoms with Crippen LogP contribution >= 0.6 is 0 Å². The average Bonchev–Trinajstić information content (AvgIpc) is 3.05. The van der Waals surface area contributed by atoms with Gasteiger partial charge in [-0.3, -0.25) is 14.4 Å². The van der Waals surface area contributed by atoms with Gasteiger partial charge in [0.15, 0.2) is 23.2 Å². The second-order valence-corrected chi connectivity index (χ2v) is 7.25. The number of nitrogens with one attached hydrogen (secondary N) is 2. The Bertz CT molecular complexity index is 1020. The van der Waals surface area contributed by atoms with E-state index in [4.69, 9.17) is 0 Å². The molecule has 0 saturated heterocycles. The van der Waals surface area contributed by atoms with Crippen molar-refractivity contribution in [3.8, 4) is 0 Å². The Morgan fingerprint density at radius 1 is 1.17 bits per heavy atom. The maximum Gasteiger partial charge on any atom is 0.271 e. The number of ketones is 1. The number of carbonyl (C=O) groups excluding carboxylic acids is 3. The van der Waals surface area contributed by atoms with Crippen molar-refractivity contribution >= 4 is 23.3 Å². The van der Waals surface area contributed by atoms with Crippen molar-refractivity contribution in [1.29, 1.82) is 0 Å². The Hall–Kier alpha value is -3.10. The molecule has 6 nitrogen and oxygen atoms in total. The van der Waals surface area contributed by atoms with Crippen LogP contribution in [0.4, 0.5) is 18.9 Å².